The molecule has 0 aliphatic rings. The van der Waals surface area contributed by atoms with Crippen LogP contribution in [0.3, 0.4) is 0 Å². The first kappa shape index (κ1) is 18.5. The van der Waals surface area contributed by atoms with Crippen molar-refractivity contribution in [2.75, 3.05) is 20.1 Å². The summed E-state index contributed by atoms with van der Waals surface area (Å²) >= 11 is 1.62. The first-order valence-electron chi connectivity index (χ1n) is 5.53. The van der Waals surface area contributed by atoms with Crippen LogP contribution in [0.15, 0.2) is 21.8 Å². The Balaban J connectivity index is 0.00000324. The summed E-state index contributed by atoms with van der Waals surface area (Å²) in [5, 5.41) is 9.63. The first-order valence-corrected chi connectivity index (χ1v) is 6.48. The zero-order chi connectivity index (χ0) is 13.4. The SMILES string of the molecule is CN=C(NCCc1ccsc1)NCCC(F)(F)F.I. The Hall–Kier alpha value is -0.510. The van der Waals surface area contributed by atoms with E-state index in [0.717, 1.165) is 6.42 Å². The van der Waals surface area contributed by atoms with E-state index in [9.17, 15) is 13.2 Å². The molecular weight excluding hydrogens is 390 g/mol. The van der Waals surface area contributed by atoms with Crippen LogP contribution in [-0.4, -0.2) is 32.3 Å². The predicted molar refractivity (Wildman–Crippen MR) is 83.5 cm³/mol. The quantitative estimate of drug-likeness (QED) is 0.448. The molecule has 0 aromatic carbocycles. The zero-order valence-electron chi connectivity index (χ0n) is 10.5. The average molecular weight is 407 g/mol. The Kier molecular flexibility index (Phi) is 9.15. The number of guanidine groups is 1. The molecule has 0 radical (unpaired) electrons. The van der Waals surface area contributed by atoms with Crippen LogP contribution in [0.25, 0.3) is 0 Å². The molecule has 1 aromatic heterocycles. The van der Waals surface area contributed by atoms with Gasteiger partial charge in [-0.2, -0.15) is 24.5 Å². The number of aliphatic imine (C=N–C) groups is 1. The highest BCUT2D eigenvalue weighted by Gasteiger charge is 2.26. The molecule has 0 atom stereocenters. The number of halogens is 4. The molecule has 0 aliphatic carbocycles. The molecule has 0 bridgehead atoms. The topological polar surface area (TPSA) is 36.4 Å². The van der Waals surface area contributed by atoms with Gasteiger partial charge in [0.1, 0.15) is 0 Å². The summed E-state index contributed by atoms with van der Waals surface area (Å²) in [7, 11) is 1.54. The number of nitrogens with zero attached hydrogens (tertiary/aromatic N) is 1. The van der Waals surface area contributed by atoms with Gasteiger partial charge in [0.15, 0.2) is 5.96 Å². The summed E-state index contributed by atoms with van der Waals surface area (Å²) in [6, 6.07) is 2.02. The van der Waals surface area contributed by atoms with Crippen LogP contribution in [0.2, 0.25) is 0 Å². The highest BCUT2D eigenvalue weighted by molar-refractivity contribution is 14.0. The molecule has 0 saturated carbocycles. The number of alkyl halides is 3. The number of rotatable bonds is 5. The Morgan fingerprint density at radius 3 is 2.53 bits per heavy atom. The van der Waals surface area contributed by atoms with E-state index in [4.69, 9.17) is 0 Å². The van der Waals surface area contributed by atoms with Crippen LogP contribution in [0.4, 0.5) is 13.2 Å². The third kappa shape index (κ3) is 9.09. The summed E-state index contributed by atoms with van der Waals surface area (Å²) in [6.07, 6.45) is -4.18. The van der Waals surface area contributed by atoms with Gasteiger partial charge < -0.3 is 10.6 Å². The van der Waals surface area contributed by atoms with E-state index in [1.54, 1.807) is 11.3 Å². The fourth-order valence-electron chi connectivity index (χ4n) is 1.30. The van der Waals surface area contributed by atoms with E-state index < -0.39 is 12.6 Å². The van der Waals surface area contributed by atoms with E-state index in [-0.39, 0.29) is 30.5 Å². The summed E-state index contributed by atoms with van der Waals surface area (Å²) in [6.45, 7) is 0.476. The summed E-state index contributed by atoms with van der Waals surface area (Å²) in [5.41, 5.74) is 1.21. The van der Waals surface area contributed by atoms with Crippen molar-refractivity contribution in [2.45, 2.75) is 19.0 Å². The molecule has 0 unspecified atom stereocenters. The van der Waals surface area contributed by atoms with Crippen molar-refractivity contribution >= 4 is 41.3 Å². The predicted octanol–water partition coefficient (Wildman–Crippen LogP) is 3.03. The molecule has 0 saturated heterocycles. The molecule has 0 spiro atoms. The molecule has 2 N–H and O–H groups in total. The van der Waals surface area contributed by atoms with E-state index in [1.807, 2.05) is 16.8 Å². The van der Waals surface area contributed by atoms with Crippen molar-refractivity contribution in [2.24, 2.45) is 4.99 Å². The number of hydrogen-bond acceptors (Lipinski definition) is 2. The molecular formula is C11H17F3IN3S. The lowest BCUT2D eigenvalue weighted by Gasteiger charge is -2.12. The van der Waals surface area contributed by atoms with E-state index in [1.165, 1.54) is 12.6 Å². The maximum Gasteiger partial charge on any atom is 0.390 e. The molecule has 0 amide bonds. The maximum atomic E-state index is 11.9. The van der Waals surface area contributed by atoms with Gasteiger partial charge in [-0.15, -0.1) is 24.0 Å². The van der Waals surface area contributed by atoms with Crippen LogP contribution in [-0.2, 0) is 6.42 Å². The smallest absolute Gasteiger partial charge is 0.356 e. The molecule has 19 heavy (non-hydrogen) atoms. The van der Waals surface area contributed by atoms with Gasteiger partial charge in [-0.25, -0.2) is 0 Å². The van der Waals surface area contributed by atoms with Crippen molar-refractivity contribution in [1.29, 1.82) is 0 Å². The highest BCUT2D eigenvalue weighted by atomic mass is 127. The van der Waals surface area contributed by atoms with Gasteiger partial charge in [0.2, 0.25) is 0 Å². The third-order valence-corrected chi connectivity index (χ3v) is 2.94. The Bertz CT molecular complexity index is 366. The van der Waals surface area contributed by atoms with Crippen molar-refractivity contribution < 1.29 is 13.2 Å². The second-order valence-corrected chi connectivity index (χ2v) is 4.45. The van der Waals surface area contributed by atoms with E-state index >= 15 is 0 Å². The molecule has 0 fully saturated rings. The fourth-order valence-corrected chi connectivity index (χ4v) is 2.01. The standard InChI is InChI=1S/C11H16F3N3S.HI/c1-15-10(17-6-4-11(12,13)14)16-5-2-9-3-7-18-8-9;/h3,7-8H,2,4-6H2,1H3,(H2,15,16,17);1H. The molecule has 8 heteroatoms. The average Bonchev–Trinajstić information content (AvgIpc) is 2.78. The summed E-state index contributed by atoms with van der Waals surface area (Å²) < 4.78 is 35.8. The molecule has 3 nitrogen and oxygen atoms in total. The molecule has 1 aromatic rings. The van der Waals surface area contributed by atoms with Gasteiger partial charge in [0.05, 0.1) is 6.42 Å². The Morgan fingerprint density at radius 1 is 1.32 bits per heavy atom. The van der Waals surface area contributed by atoms with Crippen molar-refractivity contribution in [3.63, 3.8) is 0 Å². The minimum absolute atomic E-state index is 0. The second kappa shape index (κ2) is 9.40. The van der Waals surface area contributed by atoms with Crippen LogP contribution < -0.4 is 10.6 Å². The third-order valence-electron chi connectivity index (χ3n) is 2.21. The number of thiophene rings is 1. The minimum Gasteiger partial charge on any atom is -0.356 e. The zero-order valence-corrected chi connectivity index (χ0v) is 13.6. The van der Waals surface area contributed by atoms with Gasteiger partial charge in [0.25, 0.3) is 0 Å². The molecule has 0 aliphatic heterocycles. The van der Waals surface area contributed by atoms with E-state index in [0.29, 0.717) is 12.5 Å². The first-order chi connectivity index (χ1) is 8.51. The molecule has 1 rings (SSSR count). The number of nitrogens with one attached hydrogen (secondary N) is 2. The van der Waals surface area contributed by atoms with Gasteiger partial charge in [-0.1, -0.05) is 0 Å². The summed E-state index contributed by atoms with van der Waals surface area (Å²) in [5.74, 6) is 0.398. The van der Waals surface area contributed by atoms with Crippen LogP contribution in [0.1, 0.15) is 12.0 Å². The Labute approximate surface area is 131 Å². The highest BCUT2D eigenvalue weighted by Crippen LogP contribution is 2.17. The lowest BCUT2D eigenvalue weighted by molar-refractivity contribution is -0.132. The van der Waals surface area contributed by atoms with Gasteiger partial charge in [-0.05, 0) is 28.8 Å². The molecule has 110 valence electrons. The lowest BCUT2D eigenvalue weighted by Crippen LogP contribution is -2.39. The van der Waals surface area contributed by atoms with Crippen molar-refractivity contribution in [3.8, 4) is 0 Å². The largest absolute Gasteiger partial charge is 0.390 e. The van der Waals surface area contributed by atoms with Gasteiger partial charge in [-0.3, -0.25) is 4.99 Å². The fraction of sp³-hybridized carbons (Fsp3) is 0.545. The van der Waals surface area contributed by atoms with Crippen LogP contribution >= 0.6 is 35.3 Å². The lowest BCUT2D eigenvalue weighted by atomic mass is 10.2. The second-order valence-electron chi connectivity index (χ2n) is 3.67. The maximum absolute atomic E-state index is 11.9. The monoisotopic (exact) mass is 407 g/mol. The number of hydrogen-bond donors (Lipinski definition) is 2. The normalized spacial score (nSPS) is 11.9. The minimum atomic E-state index is -4.14. The molecule has 1 heterocycles. The Morgan fingerprint density at radius 2 is 2.00 bits per heavy atom. The van der Waals surface area contributed by atoms with Gasteiger partial charge in [0, 0.05) is 20.1 Å². The van der Waals surface area contributed by atoms with Crippen LogP contribution in [0, 0.1) is 0 Å². The van der Waals surface area contributed by atoms with Crippen molar-refractivity contribution in [3.05, 3.63) is 22.4 Å². The van der Waals surface area contributed by atoms with Crippen LogP contribution in [0.5, 0.6) is 0 Å². The van der Waals surface area contributed by atoms with Gasteiger partial charge >= 0.3 is 6.18 Å². The van der Waals surface area contributed by atoms with Crippen molar-refractivity contribution in [1.82, 2.24) is 10.6 Å². The van der Waals surface area contributed by atoms with E-state index in [2.05, 4.69) is 15.6 Å². The summed E-state index contributed by atoms with van der Waals surface area (Å²) in [4.78, 5) is 3.86.